The van der Waals surface area contributed by atoms with E-state index in [-0.39, 0.29) is 28.6 Å². The normalized spacial score (nSPS) is 48.0. The standard InChI is InChI=1S/C20H30O2/c1-13(2)20(22)10-9-18(4)12-15-14(3)7-6-8-19(15,5)17(21)11-16(18)20/h6-8,13,15-16,22H,9-12H2,1-5H3/t15-,16?,18-,19+,20-/m0/s1. The highest BCUT2D eigenvalue weighted by Gasteiger charge is 2.60. The zero-order valence-corrected chi connectivity index (χ0v) is 14.6. The molecule has 3 rings (SSSR count). The lowest BCUT2D eigenvalue weighted by atomic mass is 9.64. The van der Waals surface area contributed by atoms with Gasteiger partial charge in [-0.2, -0.15) is 0 Å². The number of allylic oxidation sites excluding steroid dienone is 4. The summed E-state index contributed by atoms with van der Waals surface area (Å²) in [6.07, 6.45) is 9.71. The van der Waals surface area contributed by atoms with Crippen molar-refractivity contribution in [2.24, 2.45) is 28.6 Å². The van der Waals surface area contributed by atoms with E-state index in [4.69, 9.17) is 0 Å². The molecule has 1 unspecified atom stereocenters. The number of Topliss-reactive ketones (excluding diaryl/α,β-unsaturated/α-hetero) is 1. The molecule has 0 spiro atoms. The molecule has 2 heteroatoms. The van der Waals surface area contributed by atoms with Gasteiger partial charge < -0.3 is 5.11 Å². The highest BCUT2D eigenvalue weighted by molar-refractivity contribution is 5.88. The van der Waals surface area contributed by atoms with Crippen LogP contribution in [0, 0.1) is 28.6 Å². The van der Waals surface area contributed by atoms with Gasteiger partial charge in [0.05, 0.1) is 11.0 Å². The third-order valence-corrected chi connectivity index (χ3v) is 7.28. The van der Waals surface area contributed by atoms with Crippen LogP contribution in [0.4, 0.5) is 0 Å². The Morgan fingerprint density at radius 3 is 2.59 bits per heavy atom. The van der Waals surface area contributed by atoms with Crippen molar-refractivity contribution < 1.29 is 9.90 Å². The Morgan fingerprint density at radius 2 is 1.95 bits per heavy atom. The molecule has 0 heterocycles. The van der Waals surface area contributed by atoms with Gasteiger partial charge in [-0.15, -0.1) is 0 Å². The monoisotopic (exact) mass is 302 g/mol. The minimum absolute atomic E-state index is 0.0669. The molecular formula is C20H30O2. The average molecular weight is 302 g/mol. The second-order valence-corrected chi connectivity index (χ2v) is 8.79. The predicted molar refractivity (Wildman–Crippen MR) is 89.4 cm³/mol. The van der Waals surface area contributed by atoms with Gasteiger partial charge in [0.2, 0.25) is 0 Å². The maximum Gasteiger partial charge on any atom is 0.143 e. The zero-order valence-electron chi connectivity index (χ0n) is 14.6. The van der Waals surface area contributed by atoms with E-state index in [1.807, 2.05) is 6.08 Å². The van der Waals surface area contributed by atoms with Crippen LogP contribution in [0.3, 0.4) is 0 Å². The van der Waals surface area contributed by atoms with E-state index in [0.717, 1.165) is 19.3 Å². The van der Waals surface area contributed by atoms with Gasteiger partial charge in [-0.25, -0.2) is 0 Å². The molecule has 2 saturated carbocycles. The Bertz CT molecular complexity index is 558. The van der Waals surface area contributed by atoms with E-state index in [0.29, 0.717) is 12.2 Å². The second-order valence-electron chi connectivity index (χ2n) is 8.79. The molecule has 2 nitrogen and oxygen atoms in total. The van der Waals surface area contributed by atoms with Gasteiger partial charge in [0.1, 0.15) is 5.78 Å². The lowest BCUT2D eigenvalue weighted by Crippen LogP contribution is -2.44. The fourth-order valence-electron chi connectivity index (χ4n) is 5.43. The first kappa shape index (κ1) is 16.0. The number of hydrogen-bond acceptors (Lipinski definition) is 2. The lowest BCUT2D eigenvalue weighted by molar-refractivity contribution is -0.131. The van der Waals surface area contributed by atoms with Crippen LogP contribution >= 0.6 is 0 Å². The number of carbonyl (C=O) groups excluding carboxylic acids is 1. The van der Waals surface area contributed by atoms with Crippen molar-refractivity contribution in [3.63, 3.8) is 0 Å². The summed E-state index contributed by atoms with van der Waals surface area (Å²) in [5, 5.41) is 11.3. The molecule has 0 aromatic rings. The van der Waals surface area contributed by atoms with Crippen molar-refractivity contribution >= 4 is 5.78 Å². The van der Waals surface area contributed by atoms with Crippen molar-refractivity contribution in [3.8, 4) is 0 Å². The van der Waals surface area contributed by atoms with Gasteiger partial charge in [0, 0.05) is 12.3 Å². The molecule has 0 aliphatic heterocycles. The van der Waals surface area contributed by atoms with Crippen molar-refractivity contribution in [1.29, 1.82) is 0 Å². The maximum atomic E-state index is 13.1. The van der Waals surface area contributed by atoms with Crippen molar-refractivity contribution in [1.82, 2.24) is 0 Å². The zero-order chi connectivity index (χ0) is 16.3. The number of hydrogen-bond donors (Lipinski definition) is 1. The lowest BCUT2D eigenvalue weighted by Gasteiger charge is -2.41. The highest BCUT2D eigenvalue weighted by atomic mass is 16.3. The fourth-order valence-corrected chi connectivity index (χ4v) is 5.43. The summed E-state index contributed by atoms with van der Waals surface area (Å²) in [6.45, 7) is 10.8. The first-order chi connectivity index (χ1) is 10.1. The quantitative estimate of drug-likeness (QED) is 0.784. The van der Waals surface area contributed by atoms with Crippen LogP contribution in [0.2, 0.25) is 0 Å². The van der Waals surface area contributed by atoms with Crippen molar-refractivity contribution in [3.05, 3.63) is 23.8 Å². The molecule has 0 aromatic heterocycles. The third kappa shape index (κ3) is 1.99. The molecule has 3 aliphatic rings. The van der Waals surface area contributed by atoms with Gasteiger partial charge in [0.25, 0.3) is 0 Å². The second kappa shape index (κ2) is 4.80. The average Bonchev–Trinajstić information content (AvgIpc) is 2.64. The Labute approximate surface area is 134 Å². The highest BCUT2D eigenvalue weighted by Crippen LogP contribution is 2.61. The Kier molecular flexibility index (Phi) is 3.49. The summed E-state index contributed by atoms with van der Waals surface area (Å²) >= 11 is 0. The first-order valence-electron chi connectivity index (χ1n) is 8.75. The first-order valence-corrected chi connectivity index (χ1v) is 8.75. The van der Waals surface area contributed by atoms with E-state index in [9.17, 15) is 9.90 Å². The molecule has 0 aromatic carbocycles. The summed E-state index contributed by atoms with van der Waals surface area (Å²) < 4.78 is 0. The van der Waals surface area contributed by atoms with E-state index in [1.54, 1.807) is 0 Å². The molecule has 0 amide bonds. The predicted octanol–water partition coefficient (Wildman–Crippen LogP) is 4.29. The fraction of sp³-hybridized carbons (Fsp3) is 0.750. The number of ketones is 1. The van der Waals surface area contributed by atoms with E-state index >= 15 is 0 Å². The van der Waals surface area contributed by atoms with Crippen LogP contribution in [0.1, 0.15) is 60.3 Å². The molecule has 5 atom stereocenters. The molecular weight excluding hydrogens is 272 g/mol. The van der Waals surface area contributed by atoms with Crippen molar-refractivity contribution in [2.45, 2.75) is 65.9 Å². The minimum Gasteiger partial charge on any atom is -0.389 e. The van der Waals surface area contributed by atoms with Crippen molar-refractivity contribution in [2.75, 3.05) is 0 Å². The van der Waals surface area contributed by atoms with Gasteiger partial charge in [-0.1, -0.05) is 44.6 Å². The van der Waals surface area contributed by atoms with Gasteiger partial charge in [0.15, 0.2) is 0 Å². The summed E-state index contributed by atoms with van der Waals surface area (Å²) in [4.78, 5) is 13.1. The van der Waals surface area contributed by atoms with Crippen LogP contribution < -0.4 is 0 Å². The van der Waals surface area contributed by atoms with E-state index in [1.165, 1.54) is 5.57 Å². The van der Waals surface area contributed by atoms with Gasteiger partial charge >= 0.3 is 0 Å². The summed E-state index contributed by atoms with van der Waals surface area (Å²) in [7, 11) is 0. The molecule has 22 heavy (non-hydrogen) atoms. The summed E-state index contributed by atoms with van der Waals surface area (Å²) in [6, 6.07) is 0. The largest absolute Gasteiger partial charge is 0.389 e. The molecule has 122 valence electrons. The van der Waals surface area contributed by atoms with Crippen LogP contribution in [-0.4, -0.2) is 16.5 Å². The molecule has 0 radical (unpaired) electrons. The molecule has 1 N–H and O–H groups in total. The Hall–Kier alpha value is -0.890. The van der Waals surface area contributed by atoms with E-state index in [2.05, 4.69) is 46.8 Å². The minimum atomic E-state index is -0.685. The van der Waals surface area contributed by atoms with Crippen LogP contribution in [0.25, 0.3) is 0 Å². The third-order valence-electron chi connectivity index (χ3n) is 7.28. The molecule has 2 fully saturated rings. The molecule has 3 aliphatic carbocycles. The van der Waals surface area contributed by atoms with Crippen LogP contribution in [0.15, 0.2) is 23.8 Å². The SMILES string of the molecule is CC1=CC=C[C@@]2(C)C(=O)CC3[C@@](C)(CC[C@]3(O)C(C)C)C[C@@H]12. The number of aliphatic hydroxyl groups is 1. The molecule has 0 saturated heterocycles. The molecule has 0 bridgehead atoms. The van der Waals surface area contributed by atoms with Crippen LogP contribution in [-0.2, 0) is 4.79 Å². The Balaban J connectivity index is 2.06. The van der Waals surface area contributed by atoms with Crippen LogP contribution in [0.5, 0.6) is 0 Å². The number of fused-ring (bicyclic) bond motifs is 2. The smallest absolute Gasteiger partial charge is 0.143 e. The summed E-state index contributed by atoms with van der Waals surface area (Å²) in [5.74, 6) is 0.897. The van der Waals surface area contributed by atoms with E-state index < -0.39 is 5.60 Å². The topological polar surface area (TPSA) is 37.3 Å². The number of rotatable bonds is 1. The van der Waals surface area contributed by atoms with Gasteiger partial charge in [-0.05, 0) is 50.4 Å². The Morgan fingerprint density at radius 1 is 1.27 bits per heavy atom. The van der Waals surface area contributed by atoms with Gasteiger partial charge in [-0.3, -0.25) is 4.79 Å². The summed E-state index contributed by atoms with van der Waals surface area (Å²) in [5.41, 5.74) is 0.317. The number of carbonyl (C=O) groups is 1. The maximum absolute atomic E-state index is 13.1.